The molecule has 0 unspecified atom stereocenters. The molecule has 0 aliphatic carbocycles. The van der Waals surface area contributed by atoms with Crippen molar-refractivity contribution in [3.63, 3.8) is 0 Å². The average molecular weight is 172 g/mol. The van der Waals surface area contributed by atoms with Crippen molar-refractivity contribution >= 4 is 5.97 Å². The van der Waals surface area contributed by atoms with Crippen LogP contribution in [-0.4, -0.2) is 18.9 Å². The number of ether oxygens (including phenoxy) is 2. The van der Waals surface area contributed by atoms with Gasteiger partial charge in [-0.05, 0) is 19.3 Å². The maximum absolute atomic E-state index is 11.0. The Morgan fingerprint density at radius 3 is 3.00 bits per heavy atom. The van der Waals surface area contributed by atoms with Crippen molar-refractivity contribution < 1.29 is 14.3 Å². The van der Waals surface area contributed by atoms with E-state index in [2.05, 4.69) is 0 Å². The largest absolute Gasteiger partial charge is 0.436 e. The van der Waals surface area contributed by atoms with Crippen molar-refractivity contribution in [1.82, 2.24) is 0 Å². The van der Waals surface area contributed by atoms with Gasteiger partial charge in [-0.15, -0.1) is 0 Å². The monoisotopic (exact) mass is 172 g/mol. The lowest BCUT2D eigenvalue weighted by atomic mass is 10.2. The van der Waals surface area contributed by atoms with E-state index in [4.69, 9.17) is 9.47 Å². The SMILES string of the molecule is CCCC(=O)O[C@H]1CCCCO1. The molecule has 3 heteroatoms. The lowest BCUT2D eigenvalue weighted by Crippen LogP contribution is -2.25. The van der Waals surface area contributed by atoms with Gasteiger partial charge in [0, 0.05) is 12.8 Å². The molecule has 0 saturated carbocycles. The number of esters is 1. The van der Waals surface area contributed by atoms with Gasteiger partial charge < -0.3 is 9.47 Å². The van der Waals surface area contributed by atoms with Gasteiger partial charge in [-0.2, -0.15) is 0 Å². The third kappa shape index (κ3) is 3.22. The average Bonchev–Trinajstić information content (AvgIpc) is 2.06. The van der Waals surface area contributed by atoms with Crippen molar-refractivity contribution in [3.8, 4) is 0 Å². The fraction of sp³-hybridized carbons (Fsp3) is 0.889. The third-order valence-corrected chi connectivity index (χ3v) is 1.85. The number of rotatable bonds is 3. The standard InChI is InChI=1S/C9H16O3/c1-2-5-8(10)12-9-6-3-4-7-11-9/h9H,2-7H2,1H3/t9-/m0/s1. The topological polar surface area (TPSA) is 35.5 Å². The minimum atomic E-state index is -0.266. The number of carbonyl (C=O) groups is 1. The van der Waals surface area contributed by atoms with E-state index in [0.29, 0.717) is 6.42 Å². The van der Waals surface area contributed by atoms with Gasteiger partial charge in [0.15, 0.2) is 0 Å². The van der Waals surface area contributed by atoms with Crippen LogP contribution in [0.25, 0.3) is 0 Å². The first-order valence-corrected chi connectivity index (χ1v) is 4.64. The Balaban J connectivity index is 2.15. The summed E-state index contributed by atoms with van der Waals surface area (Å²) in [6.07, 6.45) is 4.12. The van der Waals surface area contributed by atoms with Crippen molar-refractivity contribution in [2.24, 2.45) is 0 Å². The van der Waals surface area contributed by atoms with E-state index in [1.807, 2.05) is 6.92 Å². The first-order chi connectivity index (χ1) is 5.83. The van der Waals surface area contributed by atoms with Crippen molar-refractivity contribution in [3.05, 3.63) is 0 Å². The van der Waals surface area contributed by atoms with Crippen LogP contribution in [0, 0.1) is 0 Å². The van der Waals surface area contributed by atoms with Gasteiger partial charge in [-0.25, -0.2) is 0 Å². The molecule has 12 heavy (non-hydrogen) atoms. The molecule has 1 aliphatic rings. The predicted octanol–water partition coefficient (Wildman–Crippen LogP) is 1.86. The Morgan fingerprint density at radius 1 is 1.58 bits per heavy atom. The normalized spacial score (nSPS) is 23.6. The molecule has 1 heterocycles. The van der Waals surface area contributed by atoms with Gasteiger partial charge in [0.05, 0.1) is 6.61 Å². The van der Waals surface area contributed by atoms with E-state index < -0.39 is 0 Å². The molecule has 0 N–H and O–H groups in total. The summed E-state index contributed by atoms with van der Waals surface area (Å²) >= 11 is 0. The number of hydrogen-bond acceptors (Lipinski definition) is 3. The third-order valence-electron chi connectivity index (χ3n) is 1.85. The molecule has 0 radical (unpaired) electrons. The van der Waals surface area contributed by atoms with Crippen LogP contribution in [0.4, 0.5) is 0 Å². The molecule has 1 rings (SSSR count). The van der Waals surface area contributed by atoms with Crippen molar-refractivity contribution in [2.45, 2.75) is 45.3 Å². The van der Waals surface area contributed by atoms with Gasteiger partial charge in [0.25, 0.3) is 0 Å². The lowest BCUT2D eigenvalue weighted by Gasteiger charge is -2.22. The maximum Gasteiger partial charge on any atom is 0.308 e. The lowest BCUT2D eigenvalue weighted by molar-refractivity contribution is -0.186. The number of hydrogen-bond donors (Lipinski definition) is 0. The molecule has 1 fully saturated rings. The van der Waals surface area contributed by atoms with Gasteiger partial charge in [-0.3, -0.25) is 4.79 Å². The van der Waals surface area contributed by atoms with Gasteiger partial charge >= 0.3 is 5.97 Å². The minimum Gasteiger partial charge on any atom is -0.436 e. The van der Waals surface area contributed by atoms with E-state index in [9.17, 15) is 4.79 Å². The van der Waals surface area contributed by atoms with Gasteiger partial charge in [0.2, 0.25) is 6.29 Å². The highest BCUT2D eigenvalue weighted by Gasteiger charge is 2.17. The quantitative estimate of drug-likeness (QED) is 0.609. The first-order valence-electron chi connectivity index (χ1n) is 4.64. The summed E-state index contributed by atoms with van der Waals surface area (Å²) in [6.45, 7) is 2.69. The minimum absolute atomic E-state index is 0.135. The first kappa shape index (κ1) is 9.52. The molecule has 0 spiro atoms. The molecule has 1 aliphatic heterocycles. The Morgan fingerprint density at radius 2 is 2.42 bits per heavy atom. The van der Waals surface area contributed by atoms with Crippen molar-refractivity contribution in [1.29, 1.82) is 0 Å². The Hall–Kier alpha value is -0.570. The zero-order valence-electron chi connectivity index (χ0n) is 7.54. The molecule has 3 nitrogen and oxygen atoms in total. The summed E-state index contributed by atoms with van der Waals surface area (Å²) in [7, 11) is 0. The fourth-order valence-corrected chi connectivity index (χ4v) is 1.21. The summed E-state index contributed by atoms with van der Waals surface area (Å²) in [5, 5.41) is 0. The van der Waals surface area contributed by atoms with Gasteiger partial charge in [-0.1, -0.05) is 6.92 Å². The van der Waals surface area contributed by atoms with Crippen molar-refractivity contribution in [2.75, 3.05) is 6.61 Å². The van der Waals surface area contributed by atoms with E-state index in [1.54, 1.807) is 0 Å². The molecular weight excluding hydrogens is 156 g/mol. The molecule has 0 aromatic carbocycles. The molecule has 0 amide bonds. The van der Waals surface area contributed by atoms with Crippen LogP contribution in [0.2, 0.25) is 0 Å². The summed E-state index contributed by atoms with van der Waals surface area (Å²) in [5.74, 6) is -0.135. The van der Waals surface area contributed by atoms with Crippen LogP contribution in [0.3, 0.4) is 0 Å². The smallest absolute Gasteiger partial charge is 0.308 e. The molecule has 70 valence electrons. The van der Waals surface area contributed by atoms with E-state index in [1.165, 1.54) is 0 Å². The van der Waals surface area contributed by atoms with Crippen LogP contribution in [-0.2, 0) is 14.3 Å². The predicted molar refractivity (Wildman–Crippen MR) is 44.6 cm³/mol. The van der Waals surface area contributed by atoms with Crippen LogP contribution < -0.4 is 0 Å². The van der Waals surface area contributed by atoms with Crippen LogP contribution >= 0.6 is 0 Å². The fourth-order valence-electron chi connectivity index (χ4n) is 1.21. The van der Waals surface area contributed by atoms with Gasteiger partial charge in [0.1, 0.15) is 0 Å². The van der Waals surface area contributed by atoms with Crippen LogP contribution in [0.15, 0.2) is 0 Å². The van der Waals surface area contributed by atoms with E-state index in [-0.39, 0.29) is 12.3 Å². The second kappa shape index (κ2) is 5.14. The Labute approximate surface area is 73.0 Å². The molecule has 0 aromatic rings. The summed E-state index contributed by atoms with van der Waals surface area (Å²) < 4.78 is 10.3. The van der Waals surface area contributed by atoms with E-state index in [0.717, 1.165) is 32.3 Å². The maximum atomic E-state index is 11.0. The summed E-state index contributed by atoms with van der Waals surface area (Å²) in [4.78, 5) is 11.0. The molecule has 0 aromatic heterocycles. The molecule has 0 bridgehead atoms. The Kier molecular flexibility index (Phi) is 4.08. The zero-order chi connectivity index (χ0) is 8.81. The highest BCUT2D eigenvalue weighted by atomic mass is 16.7. The second-order valence-electron chi connectivity index (χ2n) is 3.04. The zero-order valence-corrected chi connectivity index (χ0v) is 7.54. The van der Waals surface area contributed by atoms with Crippen LogP contribution in [0.1, 0.15) is 39.0 Å². The Bertz CT molecular complexity index is 139. The number of carbonyl (C=O) groups excluding carboxylic acids is 1. The van der Waals surface area contributed by atoms with Crippen LogP contribution in [0.5, 0.6) is 0 Å². The summed E-state index contributed by atoms with van der Waals surface area (Å²) in [5.41, 5.74) is 0. The van der Waals surface area contributed by atoms with E-state index >= 15 is 0 Å². The molecule has 1 saturated heterocycles. The summed E-state index contributed by atoms with van der Waals surface area (Å²) in [6, 6.07) is 0. The molecule has 1 atom stereocenters. The highest BCUT2D eigenvalue weighted by Crippen LogP contribution is 2.14. The highest BCUT2D eigenvalue weighted by molar-refractivity contribution is 5.69. The molecular formula is C9H16O3. The second-order valence-corrected chi connectivity index (χ2v) is 3.04.